The second-order valence-corrected chi connectivity index (χ2v) is 4.18. The van der Waals surface area contributed by atoms with Crippen molar-refractivity contribution in [2.45, 2.75) is 5.25 Å². The van der Waals surface area contributed by atoms with Crippen LogP contribution in [0.1, 0.15) is 0 Å². The van der Waals surface area contributed by atoms with E-state index in [1.807, 2.05) is 0 Å². The largest absolute Gasteiger partial charge is 0.412 e. The predicted octanol–water partition coefficient (Wildman–Crippen LogP) is -1.10. The topological polar surface area (TPSA) is 85.9 Å². The fourth-order valence-electron chi connectivity index (χ4n) is 0.296. The number of hydrogen-bond donors (Lipinski definition) is 3. The molecule has 0 fully saturated rings. The van der Waals surface area contributed by atoms with Crippen molar-refractivity contribution in [1.29, 1.82) is 0 Å². The Labute approximate surface area is 99.3 Å². The van der Waals surface area contributed by atoms with E-state index in [1.54, 1.807) is 0 Å². The van der Waals surface area contributed by atoms with Gasteiger partial charge in [-0.25, -0.2) is 0 Å². The molecule has 8 heteroatoms. The minimum absolute atomic E-state index is 0. The van der Waals surface area contributed by atoms with E-state index in [-0.39, 0.29) is 46.0 Å². The van der Waals surface area contributed by atoms with Crippen LogP contribution in [-0.2, 0) is 10.1 Å². The summed E-state index contributed by atoms with van der Waals surface area (Å²) in [5, 5.41) is -0.386. The van der Waals surface area contributed by atoms with Crippen molar-refractivity contribution < 1.29 is 18.4 Å². The Kier molecular flexibility index (Phi) is 13.7. The molecular weight excluding hydrogens is 219 g/mol. The van der Waals surface area contributed by atoms with Crippen molar-refractivity contribution in [2.24, 2.45) is 0 Å². The summed E-state index contributed by atoms with van der Waals surface area (Å²) in [6, 6.07) is 0. The summed E-state index contributed by atoms with van der Waals surface area (Å²) in [6.07, 6.45) is 0. The molecule has 0 aliphatic rings. The molecule has 0 aliphatic carbocycles. The van der Waals surface area contributed by atoms with Gasteiger partial charge >= 0.3 is 0 Å². The van der Waals surface area contributed by atoms with Crippen molar-refractivity contribution >= 4 is 64.9 Å². The normalized spacial score (nSPS) is 12.6. The van der Waals surface area contributed by atoms with Crippen LogP contribution in [0.2, 0.25) is 0 Å². The molecule has 0 spiro atoms. The van der Waals surface area contributed by atoms with Gasteiger partial charge in [0.25, 0.3) is 10.1 Å². The second kappa shape index (κ2) is 8.18. The van der Waals surface area contributed by atoms with Crippen LogP contribution in [-0.4, -0.2) is 64.8 Å². The first-order valence-corrected chi connectivity index (χ1v) is 4.95. The molecule has 3 N–H and O–H groups in total. The van der Waals surface area contributed by atoms with Gasteiger partial charge < -0.3 is 5.48 Å². The maximum atomic E-state index is 10.1. The van der Waals surface area contributed by atoms with Crippen LogP contribution in [0.25, 0.3) is 0 Å². The van der Waals surface area contributed by atoms with E-state index in [4.69, 9.17) is 4.55 Å². The van der Waals surface area contributed by atoms with Gasteiger partial charge in [-0.2, -0.15) is 33.7 Å². The van der Waals surface area contributed by atoms with E-state index in [0.717, 1.165) is 0 Å². The van der Waals surface area contributed by atoms with Crippen LogP contribution in [0, 0.1) is 0 Å². The smallest absolute Gasteiger partial charge is 0.265 e. The molecule has 0 aromatic heterocycles. The Morgan fingerprint density at radius 2 is 1.82 bits per heavy atom. The van der Waals surface area contributed by atoms with Crippen LogP contribution in [0.15, 0.2) is 0 Å². The molecule has 0 aromatic rings. The van der Waals surface area contributed by atoms with Gasteiger partial charge in [0, 0.05) is 40.6 Å². The van der Waals surface area contributed by atoms with Gasteiger partial charge in [-0.3, -0.25) is 4.55 Å². The maximum Gasteiger partial charge on any atom is 0.265 e. The molecule has 1 atom stereocenters. The van der Waals surface area contributed by atoms with Gasteiger partial charge in [-0.1, -0.05) is 0 Å². The summed E-state index contributed by atoms with van der Waals surface area (Å²) in [7, 11) is -3.86. The standard InChI is InChI=1S/C3H8O3S3.Na.H2O/c4-9(5,6)2-3(8)1-7;;/h3,7-8H,1-2H2,(H,4,5,6);;1H2. The van der Waals surface area contributed by atoms with E-state index < -0.39 is 10.1 Å². The fraction of sp³-hybridized carbons (Fsp3) is 1.00. The molecule has 1 unspecified atom stereocenters. The Morgan fingerprint density at radius 3 is 1.91 bits per heavy atom. The van der Waals surface area contributed by atoms with Crippen LogP contribution >= 0.6 is 25.3 Å². The molecule has 65 valence electrons. The first-order valence-electron chi connectivity index (χ1n) is 2.20. The first kappa shape index (κ1) is 18.4. The van der Waals surface area contributed by atoms with Gasteiger partial charge in [-0.05, 0) is 0 Å². The molecule has 0 aromatic carbocycles. The quantitative estimate of drug-likeness (QED) is 0.326. The zero-order chi connectivity index (χ0) is 7.49. The second-order valence-electron chi connectivity index (χ2n) is 1.58. The molecule has 0 rings (SSSR count). The van der Waals surface area contributed by atoms with Crippen molar-refractivity contribution in [3.8, 4) is 0 Å². The molecule has 11 heavy (non-hydrogen) atoms. The van der Waals surface area contributed by atoms with Crippen molar-refractivity contribution in [1.82, 2.24) is 0 Å². The van der Waals surface area contributed by atoms with Gasteiger partial charge in [0.15, 0.2) is 0 Å². The summed E-state index contributed by atoms with van der Waals surface area (Å²) in [6.45, 7) is 0. The molecule has 0 heterocycles. The predicted molar refractivity (Wildman–Crippen MR) is 52.4 cm³/mol. The van der Waals surface area contributed by atoms with Gasteiger partial charge in [0.1, 0.15) is 0 Å². The van der Waals surface area contributed by atoms with Gasteiger partial charge in [0.05, 0.1) is 5.75 Å². The maximum absolute atomic E-state index is 10.1. The molecule has 1 radical (unpaired) electrons. The number of thiol groups is 2. The van der Waals surface area contributed by atoms with Crippen LogP contribution in [0.4, 0.5) is 0 Å². The monoisotopic (exact) mass is 229 g/mol. The molecule has 4 nitrogen and oxygen atoms in total. The molecule has 0 aliphatic heterocycles. The molecule has 0 saturated heterocycles. The van der Waals surface area contributed by atoms with E-state index >= 15 is 0 Å². The third kappa shape index (κ3) is 14.4. The molecule has 0 amide bonds. The van der Waals surface area contributed by atoms with E-state index in [9.17, 15) is 8.42 Å². The summed E-state index contributed by atoms with van der Waals surface area (Å²) in [5.41, 5.74) is 0. The Bertz CT molecular complexity index is 167. The van der Waals surface area contributed by atoms with Crippen LogP contribution < -0.4 is 0 Å². The summed E-state index contributed by atoms with van der Waals surface area (Å²) in [5.74, 6) is 0.00249. The SMILES string of the molecule is O.O=S(=O)(O)CC(S)CS.[Na]. The van der Waals surface area contributed by atoms with Crippen LogP contribution in [0.5, 0.6) is 0 Å². The van der Waals surface area contributed by atoms with Crippen molar-refractivity contribution in [2.75, 3.05) is 11.5 Å². The van der Waals surface area contributed by atoms with Gasteiger partial charge in [-0.15, -0.1) is 0 Å². The third-order valence-corrected chi connectivity index (χ3v) is 2.78. The average molecular weight is 229 g/mol. The first-order chi connectivity index (χ1) is 3.95. The van der Waals surface area contributed by atoms with Crippen molar-refractivity contribution in [3.63, 3.8) is 0 Å². The van der Waals surface area contributed by atoms with E-state index in [2.05, 4.69) is 25.3 Å². The summed E-state index contributed by atoms with van der Waals surface area (Å²) in [4.78, 5) is 0. The Balaban J connectivity index is -0.000000320. The minimum atomic E-state index is -3.86. The summed E-state index contributed by atoms with van der Waals surface area (Å²) >= 11 is 7.58. The Morgan fingerprint density at radius 1 is 1.45 bits per heavy atom. The molecular formula is C3H10NaO4S3. The third-order valence-electron chi connectivity index (χ3n) is 0.614. The molecule has 0 bridgehead atoms. The number of hydrogen-bond acceptors (Lipinski definition) is 4. The minimum Gasteiger partial charge on any atom is -0.412 e. The summed E-state index contributed by atoms with van der Waals surface area (Å²) < 4.78 is 28.4. The zero-order valence-corrected chi connectivity index (χ0v) is 10.7. The van der Waals surface area contributed by atoms with E-state index in [0.29, 0.717) is 5.75 Å². The van der Waals surface area contributed by atoms with Gasteiger partial charge in [0.2, 0.25) is 0 Å². The number of rotatable bonds is 3. The fourth-order valence-corrected chi connectivity index (χ4v) is 1.77. The zero-order valence-electron chi connectivity index (χ0n) is 6.06. The van der Waals surface area contributed by atoms with Crippen molar-refractivity contribution in [3.05, 3.63) is 0 Å². The van der Waals surface area contributed by atoms with E-state index in [1.165, 1.54) is 0 Å². The Hall–Kier alpha value is 1.57. The van der Waals surface area contributed by atoms with Crippen LogP contribution in [0.3, 0.4) is 0 Å². The average Bonchev–Trinajstić information content (AvgIpc) is 1.62. The molecule has 0 saturated carbocycles.